The van der Waals surface area contributed by atoms with Gasteiger partial charge in [0.25, 0.3) is 5.89 Å². The Bertz CT molecular complexity index is 680. The minimum absolute atomic E-state index is 0.0834. The number of rotatable bonds is 7. The molecule has 2 aromatic rings. The molecule has 0 saturated heterocycles. The first kappa shape index (κ1) is 18.9. The second-order valence-corrected chi connectivity index (χ2v) is 6.80. The standard InChI is InChI=1S/C18H26N4O3/c1-11(2)9-15(10-23)20-18(24)19-14-7-5-13(6-8-14)17-21-16(12(3)4)22-25-17/h5-8,11-12,15,23H,9-10H2,1-4H3,(H2,19,20,24). The monoisotopic (exact) mass is 346 g/mol. The molecule has 2 rings (SSSR count). The number of aromatic nitrogens is 2. The molecular formula is C18H26N4O3. The van der Waals surface area contributed by atoms with E-state index in [1.54, 1.807) is 12.1 Å². The first-order chi connectivity index (χ1) is 11.9. The quantitative estimate of drug-likeness (QED) is 0.713. The van der Waals surface area contributed by atoms with Crippen molar-refractivity contribution in [3.63, 3.8) is 0 Å². The maximum atomic E-state index is 12.0. The summed E-state index contributed by atoms with van der Waals surface area (Å²) < 4.78 is 5.25. The lowest BCUT2D eigenvalue weighted by Gasteiger charge is -2.18. The second kappa shape index (κ2) is 8.62. The molecule has 0 aliphatic heterocycles. The molecular weight excluding hydrogens is 320 g/mol. The van der Waals surface area contributed by atoms with Crippen molar-refractivity contribution >= 4 is 11.7 Å². The van der Waals surface area contributed by atoms with Crippen LogP contribution in [0.1, 0.15) is 45.9 Å². The third kappa shape index (κ3) is 5.56. The van der Waals surface area contributed by atoms with Gasteiger partial charge in [-0.1, -0.05) is 32.9 Å². The second-order valence-electron chi connectivity index (χ2n) is 6.80. The molecule has 7 heteroatoms. The molecule has 0 fully saturated rings. The maximum absolute atomic E-state index is 12.0. The zero-order valence-corrected chi connectivity index (χ0v) is 15.1. The lowest BCUT2D eigenvalue weighted by Crippen LogP contribution is -2.40. The van der Waals surface area contributed by atoms with E-state index in [4.69, 9.17) is 4.52 Å². The fourth-order valence-electron chi connectivity index (χ4n) is 2.38. The highest BCUT2D eigenvalue weighted by Crippen LogP contribution is 2.21. The third-order valence-corrected chi connectivity index (χ3v) is 3.66. The van der Waals surface area contributed by atoms with Gasteiger partial charge >= 0.3 is 6.03 Å². The number of hydrogen-bond acceptors (Lipinski definition) is 5. The van der Waals surface area contributed by atoms with Crippen molar-refractivity contribution in [1.29, 1.82) is 0 Å². The Morgan fingerprint density at radius 1 is 1.20 bits per heavy atom. The molecule has 0 aliphatic rings. The van der Waals surface area contributed by atoms with Gasteiger partial charge in [0, 0.05) is 17.2 Å². The van der Waals surface area contributed by atoms with Gasteiger partial charge in [0.1, 0.15) is 0 Å². The predicted octanol–water partition coefficient (Wildman–Crippen LogP) is 3.39. The summed E-state index contributed by atoms with van der Waals surface area (Å²) in [7, 11) is 0. The average Bonchev–Trinajstić information content (AvgIpc) is 3.04. The molecule has 1 aromatic carbocycles. The van der Waals surface area contributed by atoms with Crippen LogP contribution < -0.4 is 10.6 Å². The van der Waals surface area contributed by atoms with Gasteiger partial charge in [-0.2, -0.15) is 4.98 Å². The van der Waals surface area contributed by atoms with Crippen molar-refractivity contribution in [2.24, 2.45) is 5.92 Å². The molecule has 1 atom stereocenters. The summed E-state index contributed by atoms with van der Waals surface area (Å²) in [6.07, 6.45) is 0.720. The van der Waals surface area contributed by atoms with E-state index in [9.17, 15) is 9.90 Å². The van der Waals surface area contributed by atoms with Crippen molar-refractivity contribution < 1.29 is 14.4 Å². The number of anilines is 1. The molecule has 0 radical (unpaired) electrons. The minimum Gasteiger partial charge on any atom is -0.394 e. The number of amides is 2. The van der Waals surface area contributed by atoms with Gasteiger partial charge in [0.05, 0.1) is 12.6 Å². The summed E-state index contributed by atoms with van der Waals surface area (Å²) in [4.78, 5) is 16.4. The summed E-state index contributed by atoms with van der Waals surface area (Å²) >= 11 is 0. The summed E-state index contributed by atoms with van der Waals surface area (Å²) in [5, 5.41) is 18.8. The Hall–Kier alpha value is -2.41. The number of carbonyl (C=O) groups is 1. The fourth-order valence-corrected chi connectivity index (χ4v) is 2.38. The number of nitrogens with zero attached hydrogens (tertiary/aromatic N) is 2. The Kier molecular flexibility index (Phi) is 6.52. The van der Waals surface area contributed by atoms with E-state index in [2.05, 4.69) is 20.8 Å². The van der Waals surface area contributed by atoms with E-state index in [1.165, 1.54) is 0 Å². The fraction of sp³-hybridized carbons (Fsp3) is 0.500. The molecule has 3 N–H and O–H groups in total. The van der Waals surface area contributed by atoms with Crippen LogP contribution in [-0.2, 0) is 0 Å². The summed E-state index contributed by atoms with van der Waals surface area (Å²) in [6, 6.07) is 6.56. The number of urea groups is 1. The van der Waals surface area contributed by atoms with Crippen LogP contribution in [0.4, 0.5) is 10.5 Å². The number of hydrogen-bond donors (Lipinski definition) is 3. The largest absolute Gasteiger partial charge is 0.394 e. The van der Waals surface area contributed by atoms with Crippen LogP contribution in [0.5, 0.6) is 0 Å². The highest BCUT2D eigenvalue weighted by Gasteiger charge is 2.14. The van der Waals surface area contributed by atoms with Crippen molar-refractivity contribution in [3.05, 3.63) is 30.1 Å². The number of benzene rings is 1. The van der Waals surface area contributed by atoms with E-state index < -0.39 is 0 Å². The van der Waals surface area contributed by atoms with Gasteiger partial charge in [-0.05, 0) is 36.6 Å². The van der Waals surface area contributed by atoms with Gasteiger partial charge in [-0.3, -0.25) is 0 Å². The lowest BCUT2D eigenvalue weighted by molar-refractivity contribution is 0.214. The zero-order chi connectivity index (χ0) is 18.4. The number of aliphatic hydroxyl groups excluding tert-OH is 1. The third-order valence-electron chi connectivity index (χ3n) is 3.66. The minimum atomic E-state index is -0.340. The highest BCUT2D eigenvalue weighted by atomic mass is 16.5. The summed E-state index contributed by atoms with van der Waals surface area (Å²) in [6.45, 7) is 8.00. The van der Waals surface area contributed by atoms with Crippen LogP contribution in [0.25, 0.3) is 11.5 Å². The first-order valence-electron chi connectivity index (χ1n) is 8.51. The number of nitrogens with one attached hydrogen (secondary N) is 2. The molecule has 0 saturated carbocycles. The van der Waals surface area contributed by atoms with Crippen molar-refractivity contribution in [2.75, 3.05) is 11.9 Å². The molecule has 7 nitrogen and oxygen atoms in total. The van der Waals surface area contributed by atoms with Crippen LogP contribution in [0, 0.1) is 5.92 Å². The molecule has 0 aliphatic carbocycles. The average molecular weight is 346 g/mol. The van der Waals surface area contributed by atoms with Crippen LogP contribution in [0.2, 0.25) is 0 Å². The summed E-state index contributed by atoms with van der Waals surface area (Å²) in [5.41, 5.74) is 1.43. The van der Waals surface area contributed by atoms with Crippen LogP contribution in [0.3, 0.4) is 0 Å². The molecule has 0 bridgehead atoms. The lowest BCUT2D eigenvalue weighted by atomic mass is 10.0. The molecule has 0 spiro atoms. The van der Waals surface area contributed by atoms with Crippen molar-refractivity contribution in [1.82, 2.24) is 15.5 Å². The molecule has 2 amide bonds. The molecule has 1 unspecified atom stereocenters. The van der Waals surface area contributed by atoms with Gasteiger partial charge in [0.2, 0.25) is 0 Å². The van der Waals surface area contributed by atoms with E-state index in [0.717, 1.165) is 12.0 Å². The Morgan fingerprint density at radius 3 is 2.40 bits per heavy atom. The summed E-state index contributed by atoms with van der Waals surface area (Å²) in [5.74, 6) is 1.71. The van der Waals surface area contributed by atoms with Crippen molar-refractivity contribution in [2.45, 2.75) is 46.1 Å². The van der Waals surface area contributed by atoms with E-state index in [1.807, 2.05) is 39.8 Å². The number of carbonyl (C=O) groups excluding carboxylic acids is 1. The highest BCUT2D eigenvalue weighted by molar-refractivity contribution is 5.89. The Morgan fingerprint density at radius 2 is 1.88 bits per heavy atom. The van der Waals surface area contributed by atoms with E-state index >= 15 is 0 Å². The van der Waals surface area contributed by atoms with Gasteiger partial charge in [-0.15, -0.1) is 0 Å². The van der Waals surface area contributed by atoms with E-state index in [0.29, 0.717) is 23.3 Å². The first-order valence-corrected chi connectivity index (χ1v) is 8.51. The predicted molar refractivity (Wildman–Crippen MR) is 96.3 cm³/mol. The molecule has 1 aromatic heterocycles. The maximum Gasteiger partial charge on any atom is 0.319 e. The van der Waals surface area contributed by atoms with Crippen LogP contribution >= 0.6 is 0 Å². The Labute approximate surface area is 147 Å². The molecule has 25 heavy (non-hydrogen) atoms. The number of aliphatic hydroxyl groups is 1. The van der Waals surface area contributed by atoms with Gasteiger partial charge < -0.3 is 20.3 Å². The smallest absolute Gasteiger partial charge is 0.319 e. The van der Waals surface area contributed by atoms with Crippen molar-refractivity contribution in [3.8, 4) is 11.5 Å². The normalized spacial score (nSPS) is 12.4. The van der Waals surface area contributed by atoms with Gasteiger partial charge in [-0.25, -0.2) is 4.79 Å². The SMILES string of the molecule is CC(C)CC(CO)NC(=O)Nc1ccc(-c2nc(C(C)C)no2)cc1. The molecule has 1 heterocycles. The van der Waals surface area contributed by atoms with E-state index in [-0.39, 0.29) is 24.6 Å². The molecule has 136 valence electrons. The zero-order valence-electron chi connectivity index (χ0n) is 15.1. The van der Waals surface area contributed by atoms with Crippen LogP contribution in [-0.4, -0.2) is 33.9 Å². The Balaban J connectivity index is 1.96. The van der Waals surface area contributed by atoms with Gasteiger partial charge in [0.15, 0.2) is 5.82 Å². The topological polar surface area (TPSA) is 100 Å². The van der Waals surface area contributed by atoms with Crippen LogP contribution in [0.15, 0.2) is 28.8 Å².